The van der Waals surface area contributed by atoms with Crippen LogP contribution in [0, 0.1) is 0 Å². The fraction of sp³-hybridized carbons (Fsp3) is 0.333. The Kier molecular flexibility index (Phi) is 4.26. The molecule has 4 heteroatoms. The first-order chi connectivity index (χ1) is 12.2. The van der Waals surface area contributed by atoms with Crippen LogP contribution < -0.4 is 0 Å². The molecule has 2 amide bonds. The van der Waals surface area contributed by atoms with Crippen molar-refractivity contribution in [2.24, 2.45) is 0 Å². The first kappa shape index (κ1) is 15.9. The van der Waals surface area contributed by atoms with E-state index in [1.807, 2.05) is 40.1 Å². The molecule has 2 aromatic carbocycles. The fourth-order valence-electron chi connectivity index (χ4n) is 3.74. The van der Waals surface area contributed by atoms with E-state index in [1.165, 1.54) is 11.1 Å². The second kappa shape index (κ2) is 6.71. The third kappa shape index (κ3) is 3.16. The van der Waals surface area contributed by atoms with E-state index in [-0.39, 0.29) is 11.8 Å². The highest BCUT2D eigenvalue weighted by Gasteiger charge is 2.24. The summed E-state index contributed by atoms with van der Waals surface area (Å²) in [4.78, 5) is 29.2. The maximum absolute atomic E-state index is 12.9. The van der Waals surface area contributed by atoms with E-state index in [0.29, 0.717) is 17.7 Å². The monoisotopic (exact) mass is 334 g/mol. The lowest BCUT2D eigenvalue weighted by atomic mass is 9.99. The van der Waals surface area contributed by atoms with E-state index >= 15 is 0 Å². The molecule has 0 atom stereocenters. The number of fused-ring (bicyclic) bond motifs is 1. The highest BCUT2D eigenvalue weighted by molar-refractivity contribution is 5.99. The van der Waals surface area contributed by atoms with Crippen molar-refractivity contribution in [2.45, 2.75) is 25.8 Å². The summed E-state index contributed by atoms with van der Waals surface area (Å²) >= 11 is 0. The summed E-state index contributed by atoms with van der Waals surface area (Å²) in [7, 11) is 0. The molecule has 25 heavy (non-hydrogen) atoms. The average molecular weight is 334 g/mol. The Morgan fingerprint density at radius 3 is 2.08 bits per heavy atom. The van der Waals surface area contributed by atoms with Crippen molar-refractivity contribution in [3.05, 3.63) is 70.8 Å². The van der Waals surface area contributed by atoms with Gasteiger partial charge in [0.25, 0.3) is 11.8 Å². The van der Waals surface area contributed by atoms with Crippen LogP contribution in [-0.4, -0.2) is 41.2 Å². The smallest absolute Gasteiger partial charge is 0.254 e. The maximum atomic E-state index is 12.9. The summed E-state index contributed by atoms with van der Waals surface area (Å²) in [6.45, 7) is 3.00. The van der Waals surface area contributed by atoms with Crippen LogP contribution in [0.2, 0.25) is 0 Å². The van der Waals surface area contributed by atoms with Gasteiger partial charge in [0.1, 0.15) is 0 Å². The van der Waals surface area contributed by atoms with E-state index in [9.17, 15) is 9.59 Å². The van der Waals surface area contributed by atoms with Gasteiger partial charge in [0.15, 0.2) is 0 Å². The van der Waals surface area contributed by atoms with Gasteiger partial charge in [-0.25, -0.2) is 0 Å². The second-order valence-electron chi connectivity index (χ2n) is 6.83. The molecule has 0 saturated carbocycles. The van der Waals surface area contributed by atoms with E-state index in [1.54, 1.807) is 6.07 Å². The van der Waals surface area contributed by atoms with Gasteiger partial charge in [-0.1, -0.05) is 30.3 Å². The molecule has 0 unspecified atom stereocenters. The summed E-state index contributed by atoms with van der Waals surface area (Å²) in [5, 5.41) is 0. The highest BCUT2D eigenvalue weighted by Crippen LogP contribution is 2.21. The molecule has 0 aliphatic carbocycles. The number of rotatable bonds is 2. The number of carbonyl (C=O) groups excluding carboxylic acids is 2. The third-order valence-corrected chi connectivity index (χ3v) is 5.17. The largest absolute Gasteiger partial charge is 0.339 e. The van der Waals surface area contributed by atoms with Crippen LogP contribution >= 0.6 is 0 Å². The normalized spacial score (nSPS) is 16.6. The SMILES string of the molecule is O=C(c1cccc(C(=O)N2CCc3ccccc3C2)c1)N1CCCC1. The zero-order valence-electron chi connectivity index (χ0n) is 14.3. The number of hydrogen-bond donors (Lipinski definition) is 0. The Labute approximate surface area is 148 Å². The number of benzene rings is 2. The number of amides is 2. The lowest BCUT2D eigenvalue weighted by molar-refractivity contribution is 0.0734. The molecule has 0 radical (unpaired) electrons. The Morgan fingerprint density at radius 1 is 0.720 bits per heavy atom. The predicted octanol–water partition coefficient (Wildman–Crippen LogP) is 3.12. The molecule has 1 fully saturated rings. The molecule has 4 nitrogen and oxygen atoms in total. The lowest BCUT2D eigenvalue weighted by Gasteiger charge is -2.29. The molecule has 2 aliphatic heterocycles. The predicted molar refractivity (Wildman–Crippen MR) is 96.5 cm³/mol. The van der Waals surface area contributed by atoms with Gasteiger partial charge in [-0.05, 0) is 48.6 Å². The zero-order chi connectivity index (χ0) is 17.2. The van der Waals surface area contributed by atoms with Crippen molar-refractivity contribution in [3.8, 4) is 0 Å². The van der Waals surface area contributed by atoms with Crippen molar-refractivity contribution >= 4 is 11.8 Å². The van der Waals surface area contributed by atoms with Gasteiger partial charge in [-0.15, -0.1) is 0 Å². The standard InChI is InChI=1S/C21H22N2O2/c24-20(22-11-3-4-12-22)17-8-5-9-18(14-17)21(25)23-13-10-16-6-1-2-7-19(16)15-23/h1-2,5-9,14H,3-4,10-13,15H2. The van der Waals surface area contributed by atoms with Crippen LogP contribution in [0.4, 0.5) is 0 Å². The van der Waals surface area contributed by atoms with Crippen molar-refractivity contribution in [2.75, 3.05) is 19.6 Å². The number of likely N-dealkylation sites (tertiary alicyclic amines) is 1. The first-order valence-corrected chi connectivity index (χ1v) is 8.98. The molecular formula is C21H22N2O2. The topological polar surface area (TPSA) is 40.6 Å². The first-order valence-electron chi connectivity index (χ1n) is 8.98. The Balaban J connectivity index is 1.53. The average Bonchev–Trinajstić information content (AvgIpc) is 3.21. The van der Waals surface area contributed by atoms with Crippen molar-refractivity contribution in [3.63, 3.8) is 0 Å². The molecular weight excluding hydrogens is 312 g/mol. The molecule has 1 saturated heterocycles. The van der Waals surface area contributed by atoms with Crippen LogP contribution in [0.25, 0.3) is 0 Å². The second-order valence-corrected chi connectivity index (χ2v) is 6.83. The van der Waals surface area contributed by atoms with Crippen molar-refractivity contribution in [1.82, 2.24) is 9.80 Å². The summed E-state index contributed by atoms with van der Waals surface area (Å²) in [6, 6.07) is 15.5. The molecule has 0 aromatic heterocycles. The van der Waals surface area contributed by atoms with E-state index in [2.05, 4.69) is 12.1 Å². The minimum Gasteiger partial charge on any atom is -0.339 e. The van der Waals surface area contributed by atoms with Gasteiger partial charge in [-0.3, -0.25) is 9.59 Å². The Hall–Kier alpha value is -2.62. The van der Waals surface area contributed by atoms with Crippen LogP contribution in [0.3, 0.4) is 0 Å². The van der Waals surface area contributed by atoms with Crippen LogP contribution in [0.15, 0.2) is 48.5 Å². The number of carbonyl (C=O) groups is 2. The minimum atomic E-state index is 0.00516. The summed E-state index contributed by atoms with van der Waals surface area (Å²) < 4.78 is 0. The summed E-state index contributed by atoms with van der Waals surface area (Å²) in [6.07, 6.45) is 3.02. The number of hydrogen-bond acceptors (Lipinski definition) is 2. The van der Waals surface area contributed by atoms with Gasteiger partial charge in [0, 0.05) is 37.3 Å². The molecule has 2 heterocycles. The van der Waals surface area contributed by atoms with Crippen LogP contribution in [0.1, 0.15) is 44.7 Å². The van der Waals surface area contributed by atoms with E-state index in [4.69, 9.17) is 0 Å². The lowest BCUT2D eigenvalue weighted by Crippen LogP contribution is -2.36. The quantitative estimate of drug-likeness (QED) is 0.847. The van der Waals surface area contributed by atoms with Crippen LogP contribution in [0.5, 0.6) is 0 Å². The van der Waals surface area contributed by atoms with Crippen molar-refractivity contribution < 1.29 is 9.59 Å². The highest BCUT2D eigenvalue weighted by atomic mass is 16.2. The molecule has 0 spiro atoms. The van der Waals surface area contributed by atoms with Gasteiger partial charge in [-0.2, -0.15) is 0 Å². The molecule has 0 bridgehead atoms. The van der Waals surface area contributed by atoms with Crippen molar-refractivity contribution in [1.29, 1.82) is 0 Å². The zero-order valence-corrected chi connectivity index (χ0v) is 14.3. The van der Waals surface area contributed by atoms with E-state index in [0.717, 1.165) is 38.9 Å². The van der Waals surface area contributed by atoms with E-state index < -0.39 is 0 Å². The van der Waals surface area contributed by atoms with Gasteiger partial charge in [0.05, 0.1) is 0 Å². The molecule has 2 aliphatic rings. The minimum absolute atomic E-state index is 0.00516. The summed E-state index contributed by atoms with van der Waals surface area (Å²) in [5.41, 5.74) is 3.76. The molecule has 2 aromatic rings. The van der Waals surface area contributed by atoms with Crippen LogP contribution in [-0.2, 0) is 13.0 Å². The molecule has 128 valence electrons. The Morgan fingerprint density at radius 2 is 1.36 bits per heavy atom. The molecule has 4 rings (SSSR count). The van der Waals surface area contributed by atoms with Gasteiger partial charge in [0.2, 0.25) is 0 Å². The van der Waals surface area contributed by atoms with Gasteiger partial charge >= 0.3 is 0 Å². The van der Waals surface area contributed by atoms with Gasteiger partial charge < -0.3 is 9.80 Å². The third-order valence-electron chi connectivity index (χ3n) is 5.17. The molecule has 0 N–H and O–H groups in total. The fourth-order valence-corrected chi connectivity index (χ4v) is 3.74. The Bertz CT molecular complexity index is 809. The maximum Gasteiger partial charge on any atom is 0.254 e. The number of nitrogens with zero attached hydrogens (tertiary/aromatic N) is 2. The summed E-state index contributed by atoms with van der Waals surface area (Å²) in [5.74, 6) is 0.0433.